The summed E-state index contributed by atoms with van der Waals surface area (Å²) in [7, 11) is 0. The molecule has 0 spiro atoms. The maximum atomic E-state index is 12.2. The van der Waals surface area contributed by atoms with E-state index >= 15 is 0 Å². The van der Waals surface area contributed by atoms with Crippen LogP contribution in [0.2, 0.25) is 0 Å². The van der Waals surface area contributed by atoms with E-state index in [0.717, 1.165) is 34.9 Å². The predicted molar refractivity (Wildman–Crippen MR) is 128 cm³/mol. The summed E-state index contributed by atoms with van der Waals surface area (Å²) in [4.78, 5) is 26.0. The van der Waals surface area contributed by atoms with Crippen LogP contribution < -0.4 is 15.8 Å². The number of hydrogen-bond donors (Lipinski definition) is 2. The molecule has 8 heteroatoms. The number of nitrogens with one attached hydrogen (secondary N) is 1. The van der Waals surface area contributed by atoms with E-state index in [-0.39, 0.29) is 18.0 Å². The number of carbonyl (C=O) groups is 1. The van der Waals surface area contributed by atoms with Crippen molar-refractivity contribution in [3.63, 3.8) is 0 Å². The van der Waals surface area contributed by atoms with Crippen LogP contribution in [-0.2, 0) is 10.3 Å². The Labute approximate surface area is 193 Å². The highest BCUT2D eigenvalue weighted by molar-refractivity contribution is 5.93. The lowest BCUT2D eigenvalue weighted by atomic mass is 9.88. The number of carbonyl (C=O) groups excluding carboxylic acids is 1. The number of cyclic esters (lactones) is 1. The van der Waals surface area contributed by atoms with Crippen molar-refractivity contribution in [2.75, 3.05) is 11.9 Å². The molecule has 3 atom stereocenters. The van der Waals surface area contributed by atoms with Crippen LogP contribution in [0, 0.1) is 0 Å². The van der Waals surface area contributed by atoms with E-state index in [1.165, 1.54) is 0 Å². The molecule has 0 aliphatic carbocycles. The van der Waals surface area contributed by atoms with Crippen molar-refractivity contribution < 1.29 is 14.3 Å². The fourth-order valence-electron chi connectivity index (χ4n) is 3.89. The molecule has 3 aromatic rings. The Morgan fingerprint density at radius 2 is 1.94 bits per heavy atom. The number of nitrogens with two attached hydrogens (primary N) is 1. The van der Waals surface area contributed by atoms with E-state index in [1.807, 2.05) is 26.8 Å². The number of anilines is 2. The SMILES string of the molecule is CCCOc1ncc([C@@](C)(N)CC)c2cc(Nc3ccc4c(n3)[C@@H](C)[C@H](C)OC4=O)ncc12. The molecule has 1 aliphatic rings. The molecule has 33 heavy (non-hydrogen) atoms. The minimum absolute atomic E-state index is 0.00228. The Morgan fingerprint density at radius 3 is 2.67 bits per heavy atom. The second kappa shape index (κ2) is 8.94. The van der Waals surface area contributed by atoms with Gasteiger partial charge in [0.1, 0.15) is 17.7 Å². The molecular formula is C25H31N5O3. The van der Waals surface area contributed by atoms with Gasteiger partial charge < -0.3 is 20.5 Å². The van der Waals surface area contributed by atoms with Crippen molar-refractivity contribution in [1.29, 1.82) is 0 Å². The van der Waals surface area contributed by atoms with Gasteiger partial charge in [-0.15, -0.1) is 0 Å². The van der Waals surface area contributed by atoms with Gasteiger partial charge in [-0.2, -0.15) is 0 Å². The monoisotopic (exact) mass is 449 g/mol. The molecular weight excluding hydrogens is 418 g/mol. The van der Waals surface area contributed by atoms with Crippen molar-refractivity contribution in [2.24, 2.45) is 5.73 Å². The molecule has 0 saturated carbocycles. The number of aromatic nitrogens is 3. The van der Waals surface area contributed by atoms with Crippen LogP contribution >= 0.6 is 0 Å². The van der Waals surface area contributed by atoms with Gasteiger partial charge in [0.05, 0.1) is 23.3 Å². The molecule has 0 aromatic carbocycles. The van der Waals surface area contributed by atoms with Crippen molar-refractivity contribution in [2.45, 2.75) is 65.0 Å². The Bertz CT molecular complexity index is 1190. The van der Waals surface area contributed by atoms with E-state index in [9.17, 15) is 4.79 Å². The van der Waals surface area contributed by atoms with E-state index in [4.69, 9.17) is 20.2 Å². The molecule has 174 valence electrons. The first kappa shape index (κ1) is 22.9. The van der Waals surface area contributed by atoms with Gasteiger partial charge in [-0.3, -0.25) is 0 Å². The van der Waals surface area contributed by atoms with Crippen molar-refractivity contribution in [3.8, 4) is 5.88 Å². The number of hydrogen-bond acceptors (Lipinski definition) is 8. The molecule has 0 bridgehead atoms. The quantitative estimate of drug-likeness (QED) is 0.495. The molecule has 1 aliphatic heterocycles. The van der Waals surface area contributed by atoms with Gasteiger partial charge in [0.15, 0.2) is 0 Å². The average Bonchev–Trinajstić information content (AvgIpc) is 2.80. The van der Waals surface area contributed by atoms with Gasteiger partial charge >= 0.3 is 5.97 Å². The number of nitrogens with zero attached hydrogens (tertiary/aromatic N) is 3. The third-order valence-electron chi connectivity index (χ3n) is 6.36. The normalized spacial score (nSPS) is 19.5. The number of rotatable bonds is 7. The molecule has 0 saturated heterocycles. The smallest absolute Gasteiger partial charge is 0.340 e. The molecule has 4 rings (SSSR count). The molecule has 0 amide bonds. The van der Waals surface area contributed by atoms with Gasteiger partial charge in [-0.05, 0) is 55.8 Å². The standard InChI is InChI=1S/C25H31N5O3/c1-6-10-32-23-18-12-27-21(11-17(18)19(13-28-23)25(5,26)7-2)29-20-9-8-16-22(30-20)14(3)15(4)33-24(16)31/h8-9,11-15H,6-7,10,26H2,1-5H3,(H,27,29,30)/t14-,15-,25-/m0/s1. The summed E-state index contributed by atoms with van der Waals surface area (Å²) < 4.78 is 11.2. The lowest BCUT2D eigenvalue weighted by Gasteiger charge is -2.27. The second-order valence-corrected chi connectivity index (χ2v) is 8.87. The van der Waals surface area contributed by atoms with Crippen LogP contribution in [0.25, 0.3) is 10.8 Å². The zero-order valence-corrected chi connectivity index (χ0v) is 19.8. The molecule has 8 nitrogen and oxygen atoms in total. The van der Waals surface area contributed by atoms with Gasteiger partial charge in [-0.1, -0.05) is 20.8 Å². The number of ether oxygens (including phenoxy) is 2. The molecule has 0 unspecified atom stereocenters. The van der Waals surface area contributed by atoms with Crippen LogP contribution in [0.4, 0.5) is 11.6 Å². The van der Waals surface area contributed by atoms with Crippen molar-refractivity contribution in [1.82, 2.24) is 15.0 Å². The van der Waals surface area contributed by atoms with Crippen molar-refractivity contribution >= 4 is 28.4 Å². The van der Waals surface area contributed by atoms with Crippen LogP contribution in [0.1, 0.15) is 75.0 Å². The third-order valence-corrected chi connectivity index (χ3v) is 6.36. The summed E-state index contributed by atoms with van der Waals surface area (Å²) in [5, 5.41) is 5.03. The fraction of sp³-hybridized carbons (Fsp3) is 0.440. The molecule has 3 N–H and O–H groups in total. The van der Waals surface area contributed by atoms with Crippen molar-refractivity contribution in [3.05, 3.63) is 47.4 Å². The van der Waals surface area contributed by atoms with Gasteiger partial charge in [0, 0.05) is 23.9 Å². The van der Waals surface area contributed by atoms with E-state index in [1.54, 1.807) is 24.5 Å². The van der Waals surface area contributed by atoms with Gasteiger partial charge in [-0.25, -0.2) is 19.7 Å². The predicted octanol–water partition coefficient (Wildman–Crippen LogP) is 4.80. The number of pyridine rings is 3. The largest absolute Gasteiger partial charge is 0.477 e. The Kier molecular flexibility index (Phi) is 6.21. The summed E-state index contributed by atoms with van der Waals surface area (Å²) in [5.41, 5.74) is 8.20. The Balaban J connectivity index is 1.75. The maximum absolute atomic E-state index is 12.2. The Morgan fingerprint density at radius 1 is 1.15 bits per heavy atom. The lowest BCUT2D eigenvalue weighted by molar-refractivity contribution is 0.0235. The summed E-state index contributed by atoms with van der Waals surface area (Å²) in [6.07, 6.45) is 4.97. The minimum Gasteiger partial charge on any atom is -0.477 e. The van der Waals surface area contributed by atoms with Crippen LogP contribution in [-0.4, -0.2) is 33.6 Å². The Hall–Kier alpha value is -3.26. The first-order chi connectivity index (χ1) is 15.7. The first-order valence-electron chi connectivity index (χ1n) is 11.4. The summed E-state index contributed by atoms with van der Waals surface area (Å²) >= 11 is 0. The number of fused-ring (bicyclic) bond motifs is 2. The zero-order valence-electron chi connectivity index (χ0n) is 19.8. The average molecular weight is 450 g/mol. The number of esters is 1. The van der Waals surface area contributed by atoms with E-state index in [2.05, 4.69) is 29.1 Å². The third kappa shape index (κ3) is 4.35. The van der Waals surface area contributed by atoms with E-state index < -0.39 is 5.54 Å². The highest BCUT2D eigenvalue weighted by atomic mass is 16.5. The van der Waals surface area contributed by atoms with E-state index in [0.29, 0.717) is 29.7 Å². The van der Waals surface area contributed by atoms with Crippen LogP contribution in [0.5, 0.6) is 5.88 Å². The van der Waals surface area contributed by atoms with Gasteiger partial charge in [0.25, 0.3) is 0 Å². The van der Waals surface area contributed by atoms with Crippen LogP contribution in [0.3, 0.4) is 0 Å². The highest BCUT2D eigenvalue weighted by Crippen LogP contribution is 2.35. The second-order valence-electron chi connectivity index (χ2n) is 8.87. The zero-order chi connectivity index (χ0) is 23.8. The summed E-state index contributed by atoms with van der Waals surface area (Å²) in [6.45, 7) is 10.6. The summed E-state index contributed by atoms with van der Waals surface area (Å²) in [6, 6.07) is 5.46. The van der Waals surface area contributed by atoms with Gasteiger partial charge in [0.2, 0.25) is 5.88 Å². The summed E-state index contributed by atoms with van der Waals surface area (Å²) in [5.74, 6) is 1.45. The highest BCUT2D eigenvalue weighted by Gasteiger charge is 2.31. The topological polar surface area (TPSA) is 112 Å². The molecule has 0 fully saturated rings. The first-order valence-corrected chi connectivity index (χ1v) is 11.4. The molecule has 4 heterocycles. The lowest BCUT2D eigenvalue weighted by Crippen LogP contribution is -2.32. The maximum Gasteiger partial charge on any atom is 0.340 e. The van der Waals surface area contributed by atoms with Crippen LogP contribution in [0.15, 0.2) is 30.6 Å². The minimum atomic E-state index is -0.552. The fourth-order valence-corrected chi connectivity index (χ4v) is 3.89. The molecule has 3 aromatic heterocycles. The molecule has 0 radical (unpaired) electrons.